The second kappa shape index (κ2) is 8.55. The molecule has 5 nitrogen and oxygen atoms in total. The van der Waals surface area contributed by atoms with Crippen LogP contribution < -0.4 is 4.72 Å². The number of benzene rings is 1. The molecule has 0 bridgehead atoms. The lowest BCUT2D eigenvalue weighted by molar-refractivity contribution is 0.335. The summed E-state index contributed by atoms with van der Waals surface area (Å²) in [4.78, 5) is 7.80. The topological polar surface area (TPSA) is 62.3 Å². The Morgan fingerprint density at radius 1 is 1.21 bits per heavy atom. The maximum Gasteiger partial charge on any atom is 0.271 e. The summed E-state index contributed by atoms with van der Waals surface area (Å²) in [6.07, 6.45) is 2.35. The molecule has 1 atom stereocenters. The van der Waals surface area contributed by atoms with E-state index in [0.29, 0.717) is 15.8 Å². The number of thiazole rings is 1. The predicted octanol–water partition coefficient (Wildman–Crippen LogP) is 5.18. The molecule has 0 radical (unpaired) electrons. The molecule has 154 valence electrons. The molecule has 1 N–H and O–H groups in total. The van der Waals surface area contributed by atoms with Gasteiger partial charge in [-0.05, 0) is 68.6 Å². The number of nitrogens with one attached hydrogen (secondary N) is 1. The third-order valence-electron chi connectivity index (χ3n) is 5.16. The van der Waals surface area contributed by atoms with Crippen LogP contribution in [0.5, 0.6) is 0 Å². The highest BCUT2D eigenvalue weighted by Gasteiger charge is 2.23. The van der Waals surface area contributed by atoms with Crippen molar-refractivity contribution in [3.8, 4) is 10.6 Å². The number of thiophene rings is 1. The quantitative estimate of drug-likeness (QED) is 0.542. The van der Waals surface area contributed by atoms with E-state index in [1.165, 1.54) is 29.7 Å². The van der Waals surface area contributed by atoms with Gasteiger partial charge in [0.05, 0.1) is 15.6 Å². The van der Waals surface area contributed by atoms with Crippen molar-refractivity contribution in [2.75, 3.05) is 24.4 Å². The molecule has 1 aliphatic rings. The van der Waals surface area contributed by atoms with E-state index in [4.69, 9.17) is 0 Å². The molecule has 2 aromatic heterocycles. The summed E-state index contributed by atoms with van der Waals surface area (Å²) in [7, 11) is -3.61. The van der Waals surface area contributed by atoms with E-state index in [-0.39, 0.29) is 0 Å². The van der Waals surface area contributed by atoms with Crippen LogP contribution in [0.15, 0.2) is 46.0 Å². The van der Waals surface area contributed by atoms with E-state index >= 15 is 0 Å². The highest BCUT2D eigenvalue weighted by atomic mass is 32.2. The fourth-order valence-corrected chi connectivity index (χ4v) is 6.74. The number of nitrogens with zero attached hydrogens (tertiary/aromatic N) is 2. The molecule has 1 aliphatic heterocycles. The normalized spacial score (nSPS) is 17.7. The van der Waals surface area contributed by atoms with Crippen LogP contribution >= 0.6 is 22.7 Å². The minimum absolute atomic E-state index is 0.299. The van der Waals surface area contributed by atoms with Crippen LogP contribution in [0.4, 0.5) is 5.69 Å². The second-order valence-corrected chi connectivity index (χ2v) is 11.4. The van der Waals surface area contributed by atoms with Crippen molar-refractivity contribution < 1.29 is 8.42 Å². The van der Waals surface area contributed by atoms with Gasteiger partial charge >= 0.3 is 0 Å². The van der Waals surface area contributed by atoms with Gasteiger partial charge in [-0.3, -0.25) is 4.72 Å². The molecule has 0 aliphatic carbocycles. The fraction of sp³-hybridized carbons (Fsp3) is 0.381. The van der Waals surface area contributed by atoms with Gasteiger partial charge in [-0.2, -0.15) is 0 Å². The zero-order valence-electron chi connectivity index (χ0n) is 16.6. The maximum absolute atomic E-state index is 12.8. The van der Waals surface area contributed by atoms with Gasteiger partial charge in [0.15, 0.2) is 0 Å². The van der Waals surface area contributed by atoms with E-state index < -0.39 is 10.0 Å². The Hall–Kier alpha value is -1.74. The Labute approximate surface area is 180 Å². The van der Waals surface area contributed by atoms with E-state index in [9.17, 15) is 8.42 Å². The lowest BCUT2D eigenvalue weighted by Gasteiger charge is -2.15. The minimum Gasteiger partial charge on any atom is -0.303 e. The first kappa shape index (κ1) is 20.5. The molecule has 3 heterocycles. The molecule has 1 aromatic carbocycles. The molecule has 1 saturated heterocycles. The SMILES string of the molecule is CCCN1CC[C@@H](c2ccc(NS(=O)(=O)c3ccc(-c4csc(C)n4)s3)cc2)C1. The highest BCUT2D eigenvalue weighted by molar-refractivity contribution is 7.94. The number of likely N-dealkylation sites (tertiary alicyclic amines) is 1. The fourth-order valence-electron chi connectivity index (χ4n) is 3.73. The van der Waals surface area contributed by atoms with Crippen molar-refractivity contribution in [3.05, 3.63) is 52.3 Å². The van der Waals surface area contributed by atoms with Crippen LogP contribution in [-0.2, 0) is 10.0 Å². The van der Waals surface area contributed by atoms with Gasteiger partial charge in [-0.15, -0.1) is 22.7 Å². The third kappa shape index (κ3) is 4.71. The molecule has 1 fully saturated rings. The third-order valence-corrected chi connectivity index (χ3v) is 8.92. The molecular weight excluding hydrogens is 422 g/mol. The van der Waals surface area contributed by atoms with E-state index in [2.05, 4.69) is 33.7 Å². The van der Waals surface area contributed by atoms with Crippen molar-refractivity contribution in [2.24, 2.45) is 0 Å². The number of anilines is 1. The largest absolute Gasteiger partial charge is 0.303 e. The summed E-state index contributed by atoms with van der Waals surface area (Å²) >= 11 is 2.80. The van der Waals surface area contributed by atoms with Gasteiger partial charge in [-0.1, -0.05) is 19.1 Å². The van der Waals surface area contributed by atoms with Crippen LogP contribution in [0.2, 0.25) is 0 Å². The van der Waals surface area contributed by atoms with Crippen LogP contribution in [0.3, 0.4) is 0 Å². The van der Waals surface area contributed by atoms with Gasteiger partial charge in [0.1, 0.15) is 4.21 Å². The molecule has 0 saturated carbocycles. The lowest BCUT2D eigenvalue weighted by atomic mass is 9.98. The molecule has 29 heavy (non-hydrogen) atoms. The number of rotatable bonds is 7. The Kier molecular flexibility index (Phi) is 6.06. The standard InChI is InChI=1S/C21H25N3O2S3/c1-3-11-24-12-10-17(13-24)16-4-6-18(7-5-16)23-29(25,26)21-9-8-20(28-21)19-14-27-15(2)22-19/h4-9,14,17,23H,3,10-13H2,1-2H3/t17-/m1/s1. The first-order valence-electron chi connectivity index (χ1n) is 9.82. The summed E-state index contributed by atoms with van der Waals surface area (Å²) < 4.78 is 28.6. The number of sulfonamides is 1. The maximum atomic E-state index is 12.8. The zero-order chi connectivity index (χ0) is 20.4. The van der Waals surface area contributed by atoms with Gasteiger partial charge in [0.25, 0.3) is 10.0 Å². The average Bonchev–Trinajstić information content (AvgIpc) is 3.43. The first-order valence-corrected chi connectivity index (χ1v) is 13.0. The smallest absolute Gasteiger partial charge is 0.271 e. The van der Waals surface area contributed by atoms with Crippen LogP contribution in [-0.4, -0.2) is 37.9 Å². The lowest BCUT2D eigenvalue weighted by Crippen LogP contribution is -2.20. The monoisotopic (exact) mass is 447 g/mol. The number of hydrogen-bond donors (Lipinski definition) is 1. The van der Waals surface area contributed by atoms with E-state index in [1.54, 1.807) is 17.4 Å². The van der Waals surface area contributed by atoms with Gasteiger partial charge in [-0.25, -0.2) is 13.4 Å². The van der Waals surface area contributed by atoms with Gasteiger partial charge in [0.2, 0.25) is 0 Å². The Balaban J connectivity index is 1.44. The van der Waals surface area contributed by atoms with Crippen LogP contribution in [0.1, 0.15) is 36.3 Å². The molecule has 4 rings (SSSR count). The predicted molar refractivity (Wildman–Crippen MR) is 122 cm³/mol. The van der Waals surface area contributed by atoms with Crippen molar-refractivity contribution in [3.63, 3.8) is 0 Å². The molecule has 0 amide bonds. The molecular formula is C21H25N3O2S3. The van der Waals surface area contributed by atoms with Crippen molar-refractivity contribution in [1.29, 1.82) is 0 Å². The molecule has 0 spiro atoms. The summed E-state index contributed by atoms with van der Waals surface area (Å²) in [5.74, 6) is 0.536. The van der Waals surface area contributed by atoms with Crippen molar-refractivity contribution in [2.45, 2.75) is 36.8 Å². The summed E-state index contributed by atoms with van der Waals surface area (Å²) in [6.45, 7) is 7.54. The van der Waals surface area contributed by atoms with E-state index in [1.807, 2.05) is 30.5 Å². The Bertz CT molecular complexity index is 1070. The molecule has 0 unspecified atom stereocenters. The Morgan fingerprint density at radius 2 is 2.00 bits per heavy atom. The number of aryl methyl sites for hydroxylation is 1. The summed E-state index contributed by atoms with van der Waals surface area (Å²) in [5.41, 5.74) is 2.71. The Morgan fingerprint density at radius 3 is 2.69 bits per heavy atom. The van der Waals surface area contributed by atoms with E-state index in [0.717, 1.165) is 35.2 Å². The van der Waals surface area contributed by atoms with Gasteiger partial charge in [0, 0.05) is 17.6 Å². The van der Waals surface area contributed by atoms with Crippen LogP contribution in [0.25, 0.3) is 10.6 Å². The van der Waals surface area contributed by atoms with Crippen molar-refractivity contribution >= 4 is 38.4 Å². The summed E-state index contributed by atoms with van der Waals surface area (Å²) in [6, 6.07) is 11.3. The highest BCUT2D eigenvalue weighted by Crippen LogP contribution is 2.33. The number of aromatic nitrogens is 1. The van der Waals surface area contributed by atoms with Crippen LogP contribution in [0, 0.1) is 6.92 Å². The first-order chi connectivity index (χ1) is 13.9. The minimum atomic E-state index is -3.61. The van der Waals surface area contributed by atoms with Crippen molar-refractivity contribution in [1.82, 2.24) is 9.88 Å². The average molecular weight is 448 g/mol. The second-order valence-electron chi connectivity index (χ2n) is 7.38. The molecule has 8 heteroatoms. The molecule has 3 aromatic rings. The number of hydrogen-bond acceptors (Lipinski definition) is 6. The van der Waals surface area contributed by atoms with Gasteiger partial charge < -0.3 is 4.90 Å². The summed E-state index contributed by atoms with van der Waals surface area (Å²) in [5, 5.41) is 2.92. The zero-order valence-corrected chi connectivity index (χ0v) is 19.0.